The molecule has 43 heavy (non-hydrogen) atoms. The van der Waals surface area contributed by atoms with Gasteiger partial charge in [-0.2, -0.15) is 0 Å². The van der Waals surface area contributed by atoms with Gasteiger partial charge in [0.2, 0.25) is 0 Å². The Morgan fingerprint density at radius 1 is 0.884 bits per heavy atom. The molecule has 1 amide bonds. The Morgan fingerprint density at radius 2 is 1.58 bits per heavy atom. The highest BCUT2D eigenvalue weighted by molar-refractivity contribution is 5.96. The number of nitrogens with one attached hydrogen (secondary N) is 1. The van der Waals surface area contributed by atoms with Crippen molar-refractivity contribution < 1.29 is 4.79 Å². The van der Waals surface area contributed by atoms with Crippen LogP contribution in [-0.4, -0.2) is 50.0 Å². The average molecular weight is 576 g/mol. The van der Waals surface area contributed by atoms with Crippen molar-refractivity contribution in [2.24, 2.45) is 0 Å². The maximum absolute atomic E-state index is 13.2. The Kier molecular flexibility index (Phi) is 7.58. The molecule has 4 heterocycles. The highest BCUT2D eigenvalue weighted by Gasteiger charge is 2.44. The summed E-state index contributed by atoms with van der Waals surface area (Å²) >= 11 is 0. The lowest BCUT2D eigenvalue weighted by Crippen LogP contribution is -2.47. The first-order valence-corrected chi connectivity index (χ1v) is 16.4. The first kappa shape index (κ1) is 28.3. The minimum Gasteiger partial charge on any atom is -0.349 e. The first-order chi connectivity index (χ1) is 20.9. The van der Waals surface area contributed by atoms with Gasteiger partial charge in [-0.1, -0.05) is 42.5 Å². The number of aryl methyl sites for hydroxylation is 3. The summed E-state index contributed by atoms with van der Waals surface area (Å²) in [6, 6.07) is 23.8. The summed E-state index contributed by atoms with van der Waals surface area (Å²) in [5.41, 5.74) is 6.59. The second-order valence-electron chi connectivity index (χ2n) is 13.5. The molecule has 0 radical (unpaired) electrons. The fraction of sp³-hybridized carbons (Fsp3) is 0.486. The minimum atomic E-state index is 0.0284. The van der Waals surface area contributed by atoms with Crippen molar-refractivity contribution in [2.75, 3.05) is 6.54 Å². The van der Waals surface area contributed by atoms with Crippen LogP contribution in [-0.2, 0) is 5.41 Å². The number of hydrogen-bond acceptors (Lipinski definition) is 4. The summed E-state index contributed by atoms with van der Waals surface area (Å²) in [5.74, 6) is 1.18. The van der Waals surface area contributed by atoms with Gasteiger partial charge < -0.3 is 9.88 Å². The second-order valence-corrected chi connectivity index (χ2v) is 13.5. The summed E-state index contributed by atoms with van der Waals surface area (Å²) < 4.78 is 2.54. The Labute approximate surface area is 255 Å². The zero-order chi connectivity index (χ0) is 29.6. The van der Waals surface area contributed by atoms with Gasteiger partial charge >= 0.3 is 0 Å². The molecule has 2 bridgehead atoms. The minimum absolute atomic E-state index is 0.0284. The van der Waals surface area contributed by atoms with Crippen LogP contribution in [0.3, 0.4) is 0 Å². The molecule has 2 unspecified atom stereocenters. The van der Waals surface area contributed by atoms with E-state index in [1.165, 1.54) is 43.2 Å². The summed E-state index contributed by atoms with van der Waals surface area (Å²) in [6.07, 6.45) is 12.3. The predicted octanol–water partition coefficient (Wildman–Crippen LogP) is 7.23. The van der Waals surface area contributed by atoms with E-state index in [4.69, 9.17) is 4.98 Å². The number of carbonyl (C=O) groups is 1. The highest BCUT2D eigenvalue weighted by Crippen LogP contribution is 2.46. The summed E-state index contributed by atoms with van der Waals surface area (Å²) in [6.45, 7) is 7.26. The molecule has 1 aliphatic carbocycles. The van der Waals surface area contributed by atoms with Crippen molar-refractivity contribution in [3.63, 3.8) is 0 Å². The van der Waals surface area contributed by atoms with E-state index in [9.17, 15) is 4.79 Å². The fourth-order valence-corrected chi connectivity index (χ4v) is 8.87. The molecule has 4 aromatic rings. The van der Waals surface area contributed by atoms with Gasteiger partial charge in [0.25, 0.3) is 5.91 Å². The second kappa shape index (κ2) is 11.5. The molecule has 6 nitrogen and oxygen atoms in total. The molecule has 1 saturated carbocycles. The summed E-state index contributed by atoms with van der Waals surface area (Å²) in [5, 5.41) is 3.37. The zero-order valence-electron chi connectivity index (χ0n) is 25.9. The molecule has 2 aromatic carbocycles. The highest BCUT2D eigenvalue weighted by atomic mass is 16.1. The van der Waals surface area contributed by atoms with Gasteiger partial charge in [0.05, 0.1) is 22.3 Å². The number of carbonyl (C=O) groups excluding carboxylic acids is 1. The summed E-state index contributed by atoms with van der Waals surface area (Å²) in [7, 11) is 0. The molecule has 6 heteroatoms. The van der Waals surface area contributed by atoms with Crippen molar-refractivity contribution in [2.45, 2.75) is 108 Å². The predicted molar refractivity (Wildman–Crippen MR) is 172 cm³/mol. The van der Waals surface area contributed by atoms with Crippen LogP contribution >= 0.6 is 0 Å². The molecule has 0 spiro atoms. The number of piperidine rings is 1. The van der Waals surface area contributed by atoms with Gasteiger partial charge in [0, 0.05) is 30.4 Å². The van der Waals surface area contributed by atoms with Gasteiger partial charge in [0.15, 0.2) is 0 Å². The van der Waals surface area contributed by atoms with Crippen LogP contribution in [0.4, 0.5) is 0 Å². The number of aromatic nitrogens is 3. The molecule has 7 rings (SSSR count). The van der Waals surface area contributed by atoms with Crippen LogP contribution in [0.1, 0.15) is 96.8 Å². The third-order valence-corrected chi connectivity index (χ3v) is 11.1. The van der Waals surface area contributed by atoms with Crippen molar-refractivity contribution in [3.8, 4) is 0 Å². The maximum atomic E-state index is 13.2. The number of nitrogens with zero attached hydrogens (tertiary/aromatic N) is 4. The molecular weight excluding hydrogens is 530 g/mol. The molecule has 224 valence electrons. The van der Waals surface area contributed by atoms with Crippen LogP contribution in [0.25, 0.3) is 11.0 Å². The van der Waals surface area contributed by atoms with Gasteiger partial charge in [-0.25, -0.2) is 4.98 Å². The molecule has 2 aromatic heterocycles. The van der Waals surface area contributed by atoms with Gasteiger partial charge in [-0.05, 0) is 120 Å². The largest absolute Gasteiger partial charge is 0.349 e. The normalized spacial score (nSPS) is 27.4. The monoisotopic (exact) mass is 575 g/mol. The van der Waals surface area contributed by atoms with Crippen molar-refractivity contribution in [1.82, 2.24) is 24.8 Å². The van der Waals surface area contributed by atoms with Gasteiger partial charge in [0.1, 0.15) is 5.82 Å². The van der Waals surface area contributed by atoms with E-state index in [-0.39, 0.29) is 17.4 Å². The maximum Gasteiger partial charge on any atom is 0.253 e. The molecular formula is C37H45N5O. The molecule has 1 N–H and O–H groups in total. The van der Waals surface area contributed by atoms with E-state index in [0.29, 0.717) is 18.1 Å². The third-order valence-electron chi connectivity index (χ3n) is 11.1. The van der Waals surface area contributed by atoms with Gasteiger partial charge in [-0.3, -0.25) is 14.7 Å². The average Bonchev–Trinajstić information content (AvgIpc) is 3.47. The van der Waals surface area contributed by atoms with Crippen LogP contribution in [0.5, 0.6) is 0 Å². The Balaban J connectivity index is 1.04. The SMILES string of the molecule is Cc1ccnc(C)c1C(=O)NC1CCC(CCN2C3CCC2CC(n2c(C)nc4ccccc42)C3)(c2ccccc2)CC1. The van der Waals surface area contributed by atoms with E-state index in [1.807, 2.05) is 19.9 Å². The fourth-order valence-electron chi connectivity index (χ4n) is 8.87. The first-order valence-electron chi connectivity index (χ1n) is 16.4. The molecule has 2 atom stereocenters. The zero-order valence-corrected chi connectivity index (χ0v) is 25.9. The Bertz CT molecular complexity index is 1570. The van der Waals surface area contributed by atoms with E-state index in [1.54, 1.807) is 6.20 Å². The van der Waals surface area contributed by atoms with E-state index in [0.717, 1.165) is 60.4 Å². The van der Waals surface area contributed by atoms with Crippen LogP contribution < -0.4 is 5.32 Å². The van der Waals surface area contributed by atoms with Crippen LogP contribution in [0.15, 0.2) is 66.9 Å². The molecule has 2 saturated heterocycles. The number of imidazole rings is 1. The quantitative estimate of drug-likeness (QED) is 0.253. The lowest BCUT2D eigenvalue weighted by molar-refractivity contribution is 0.0850. The van der Waals surface area contributed by atoms with Crippen molar-refractivity contribution in [3.05, 3.63) is 95.1 Å². The third kappa shape index (κ3) is 5.28. The smallest absolute Gasteiger partial charge is 0.253 e. The molecule has 2 aliphatic heterocycles. The lowest BCUT2D eigenvalue weighted by atomic mass is 9.66. The van der Waals surface area contributed by atoms with E-state index >= 15 is 0 Å². The number of benzene rings is 2. The lowest BCUT2D eigenvalue weighted by Gasteiger charge is -2.45. The van der Waals surface area contributed by atoms with Gasteiger partial charge in [-0.15, -0.1) is 0 Å². The van der Waals surface area contributed by atoms with Crippen LogP contribution in [0.2, 0.25) is 0 Å². The number of para-hydroxylation sites is 2. The topological polar surface area (TPSA) is 63.1 Å². The number of rotatable bonds is 7. The standard InChI is InChI=1S/C37H45N5O/c1-25-17-21-38-26(2)35(25)36(43)40-29-15-18-37(19-16-29,28-9-5-4-6-10-28)20-22-41-30-13-14-31(41)24-32(23-30)42-27(3)39-33-11-7-8-12-34(33)42/h4-12,17,21,29-32H,13-16,18-20,22-24H2,1-3H3,(H,40,43). The Hall–Kier alpha value is -3.51. The number of amides is 1. The number of pyridine rings is 1. The van der Waals surface area contributed by atoms with Crippen LogP contribution in [0, 0.1) is 20.8 Å². The molecule has 3 aliphatic rings. The van der Waals surface area contributed by atoms with E-state index < -0.39 is 0 Å². The van der Waals surface area contributed by atoms with Crippen molar-refractivity contribution >= 4 is 16.9 Å². The molecule has 3 fully saturated rings. The van der Waals surface area contributed by atoms with Crippen molar-refractivity contribution in [1.29, 1.82) is 0 Å². The Morgan fingerprint density at radius 3 is 2.30 bits per heavy atom. The number of hydrogen-bond donors (Lipinski definition) is 1. The number of fused-ring (bicyclic) bond motifs is 3. The van der Waals surface area contributed by atoms with E-state index in [2.05, 4.69) is 81.3 Å². The summed E-state index contributed by atoms with van der Waals surface area (Å²) in [4.78, 5) is 25.4.